The third kappa shape index (κ3) is 5.19. The fourth-order valence-corrected chi connectivity index (χ4v) is 3.46. The molecule has 2 aromatic carbocycles. The molecule has 1 heterocycles. The van der Waals surface area contributed by atoms with Gasteiger partial charge in [0.05, 0.1) is 7.11 Å². The van der Waals surface area contributed by atoms with E-state index in [1.807, 2.05) is 36.4 Å². The number of carbonyl (C=O) groups excluding carboxylic acids is 1. The number of nitrogens with one attached hydrogen (secondary N) is 2. The van der Waals surface area contributed by atoms with Crippen LogP contribution in [0.1, 0.15) is 15.9 Å². The Morgan fingerprint density at radius 2 is 1.86 bits per heavy atom. The molecule has 0 unspecified atom stereocenters. The number of aliphatic imine (C=N–C) groups is 1. The minimum atomic E-state index is -0.0788. The lowest BCUT2D eigenvalue weighted by molar-refractivity contribution is 0.0963. The summed E-state index contributed by atoms with van der Waals surface area (Å²) in [5.41, 5.74) is 2.88. The fraction of sp³-hybridized carbons (Fsp3) is 0.364. The number of ether oxygens (including phenoxy) is 1. The minimum absolute atomic E-state index is 0.0788. The average Bonchev–Trinajstić information content (AvgIpc) is 2.79. The molecule has 3 rings (SSSR count). The molecule has 1 aliphatic rings. The normalized spacial score (nSPS) is 14.5. The topological polar surface area (TPSA) is 69.2 Å². The summed E-state index contributed by atoms with van der Waals surface area (Å²) in [6, 6.07) is 15.8. The van der Waals surface area contributed by atoms with E-state index in [1.54, 1.807) is 21.2 Å². The first-order valence-electron chi connectivity index (χ1n) is 9.80. The molecular weight excluding hydrogens is 366 g/mol. The van der Waals surface area contributed by atoms with Crippen molar-refractivity contribution in [2.24, 2.45) is 4.99 Å². The van der Waals surface area contributed by atoms with Gasteiger partial charge in [-0.3, -0.25) is 9.79 Å². The van der Waals surface area contributed by atoms with E-state index >= 15 is 0 Å². The minimum Gasteiger partial charge on any atom is -0.497 e. The third-order valence-corrected chi connectivity index (χ3v) is 5.08. The zero-order valence-electron chi connectivity index (χ0n) is 17.3. The molecule has 29 heavy (non-hydrogen) atoms. The van der Waals surface area contributed by atoms with E-state index < -0.39 is 0 Å². The van der Waals surface area contributed by atoms with Crippen molar-refractivity contribution in [3.63, 3.8) is 0 Å². The zero-order valence-corrected chi connectivity index (χ0v) is 17.3. The van der Waals surface area contributed by atoms with Crippen LogP contribution in [0.25, 0.3) is 0 Å². The van der Waals surface area contributed by atoms with Gasteiger partial charge >= 0.3 is 0 Å². The molecule has 0 atom stereocenters. The van der Waals surface area contributed by atoms with Gasteiger partial charge in [0, 0.05) is 64.1 Å². The highest BCUT2D eigenvalue weighted by molar-refractivity contribution is 5.94. The van der Waals surface area contributed by atoms with Crippen LogP contribution in [0.5, 0.6) is 5.75 Å². The molecule has 2 N–H and O–H groups in total. The van der Waals surface area contributed by atoms with Crippen LogP contribution in [0.2, 0.25) is 0 Å². The molecule has 0 radical (unpaired) electrons. The molecule has 1 amide bonds. The summed E-state index contributed by atoms with van der Waals surface area (Å²) < 4.78 is 5.34. The van der Waals surface area contributed by atoms with E-state index in [0.717, 1.165) is 43.5 Å². The Morgan fingerprint density at radius 1 is 1.10 bits per heavy atom. The van der Waals surface area contributed by atoms with Crippen LogP contribution < -0.4 is 20.3 Å². The predicted octanol–water partition coefficient (Wildman–Crippen LogP) is 1.95. The maximum Gasteiger partial charge on any atom is 0.251 e. The number of guanidine groups is 1. The number of benzene rings is 2. The maximum atomic E-state index is 11.8. The van der Waals surface area contributed by atoms with Crippen molar-refractivity contribution in [2.45, 2.75) is 6.54 Å². The Hall–Kier alpha value is -3.22. The van der Waals surface area contributed by atoms with Crippen molar-refractivity contribution < 1.29 is 9.53 Å². The second kappa shape index (κ2) is 9.82. The number of amides is 1. The van der Waals surface area contributed by atoms with Crippen molar-refractivity contribution in [2.75, 3.05) is 52.3 Å². The Bertz CT molecular complexity index is 860. The third-order valence-electron chi connectivity index (χ3n) is 5.08. The molecule has 7 heteroatoms. The molecule has 0 aliphatic carbocycles. The van der Waals surface area contributed by atoms with Gasteiger partial charge in [-0.2, -0.15) is 0 Å². The highest BCUT2D eigenvalue weighted by Crippen LogP contribution is 2.22. The first kappa shape index (κ1) is 20.5. The van der Waals surface area contributed by atoms with E-state index in [-0.39, 0.29) is 5.91 Å². The largest absolute Gasteiger partial charge is 0.497 e. The second-order valence-corrected chi connectivity index (χ2v) is 6.86. The molecule has 7 nitrogen and oxygen atoms in total. The molecule has 1 fully saturated rings. The Morgan fingerprint density at radius 3 is 2.55 bits per heavy atom. The summed E-state index contributed by atoms with van der Waals surface area (Å²) in [6.07, 6.45) is 0. The summed E-state index contributed by atoms with van der Waals surface area (Å²) in [4.78, 5) is 20.9. The zero-order chi connectivity index (χ0) is 20.6. The van der Waals surface area contributed by atoms with Crippen molar-refractivity contribution in [1.82, 2.24) is 15.5 Å². The lowest BCUT2D eigenvalue weighted by Crippen LogP contribution is -2.52. The summed E-state index contributed by atoms with van der Waals surface area (Å²) in [5.74, 6) is 1.67. The van der Waals surface area contributed by atoms with Crippen LogP contribution in [0.3, 0.4) is 0 Å². The number of nitrogens with zero attached hydrogens (tertiary/aromatic N) is 3. The van der Waals surface area contributed by atoms with E-state index in [4.69, 9.17) is 4.74 Å². The molecule has 0 bridgehead atoms. The fourth-order valence-electron chi connectivity index (χ4n) is 3.46. The van der Waals surface area contributed by atoms with E-state index in [1.165, 1.54) is 5.69 Å². The van der Waals surface area contributed by atoms with Gasteiger partial charge in [0.2, 0.25) is 0 Å². The van der Waals surface area contributed by atoms with Crippen LogP contribution in [-0.4, -0.2) is 64.2 Å². The van der Waals surface area contributed by atoms with E-state index in [9.17, 15) is 4.79 Å². The first-order valence-corrected chi connectivity index (χ1v) is 9.80. The number of hydrogen-bond acceptors (Lipinski definition) is 4. The highest BCUT2D eigenvalue weighted by Gasteiger charge is 2.20. The number of hydrogen-bond donors (Lipinski definition) is 2. The number of methoxy groups -OCH3 is 1. The molecular formula is C22H29N5O2. The number of anilines is 1. The van der Waals surface area contributed by atoms with Gasteiger partial charge in [0.25, 0.3) is 5.91 Å². The van der Waals surface area contributed by atoms with Crippen molar-refractivity contribution >= 4 is 17.6 Å². The van der Waals surface area contributed by atoms with Gasteiger partial charge in [-0.05, 0) is 29.8 Å². The predicted molar refractivity (Wildman–Crippen MR) is 117 cm³/mol. The lowest BCUT2D eigenvalue weighted by Gasteiger charge is -2.37. The van der Waals surface area contributed by atoms with Gasteiger partial charge in [-0.25, -0.2) is 0 Å². The van der Waals surface area contributed by atoms with Crippen molar-refractivity contribution in [1.29, 1.82) is 0 Å². The summed E-state index contributed by atoms with van der Waals surface area (Å²) in [7, 11) is 5.13. The molecule has 0 saturated carbocycles. The van der Waals surface area contributed by atoms with Crippen LogP contribution >= 0.6 is 0 Å². The molecule has 154 valence electrons. The Kier molecular flexibility index (Phi) is 6.94. The smallest absolute Gasteiger partial charge is 0.251 e. The maximum absolute atomic E-state index is 11.8. The van der Waals surface area contributed by atoms with Gasteiger partial charge in [-0.1, -0.05) is 18.2 Å². The van der Waals surface area contributed by atoms with Crippen LogP contribution in [0.15, 0.2) is 53.5 Å². The van der Waals surface area contributed by atoms with Crippen LogP contribution in [-0.2, 0) is 6.54 Å². The second-order valence-electron chi connectivity index (χ2n) is 6.86. The molecule has 0 aromatic heterocycles. The van der Waals surface area contributed by atoms with Gasteiger partial charge in [0.15, 0.2) is 5.96 Å². The number of piperazine rings is 1. The number of rotatable bonds is 5. The number of carbonyl (C=O) groups is 1. The Balaban J connectivity index is 1.56. The molecule has 0 spiro atoms. The van der Waals surface area contributed by atoms with Crippen LogP contribution in [0, 0.1) is 0 Å². The standard InChI is InChI=1S/C22H29N5O2/c1-23-21(28)18-7-4-6-17(14-18)16-25-22(24-2)27-12-10-26(11-13-27)19-8-5-9-20(15-19)29-3/h4-9,14-15H,10-13,16H2,1-3H3,(H,23,28)(H,24,25). The van der Waals surface area contributed by atoms with Crippen molar-refractivity contribution in [3.8, 4) is 5.75 Å². The quantitative estimate of drug-likeness (QED) is 0.598. The van der Waals surface area contributed by atoms with E-state index in [0.29, 0.717) is 12.1 Å². The van der Waals surface area contributed by atoms with Gasteiger partial charge in [0.1, 0.15) is 5.75 Å². The van der Waals surface area contributed by atoms with Crippen molar-refractivity contribution in [3.05, 3.63) is 59.7 Å². The summed E-state index contributed by atoms with van der Waals surface area (Å²) in [6.45, 7) is 4.22. The highest BCUT2D eigenvalue weighted by atomic mass is 16.5. The molecule has 2 aromatic rings. The van der Waals surface area contributed by atoms with Gasteiger partial charge < -0.3 is 25.2 Å². The average molecular weight is 396 g/mol. The Labute approximate surface area is 172 Å². The summed E-state index contributed by atoms with van der Waals surface area (Å²) in [5, 5.41) is 6.08. The van der Waals surface area contributed by atoms with Gasteiger partial charge in [-0.15, -0.1) is 0 Å². The lowest BCUT2D eigenvalue weighted by atomic mass is 10.1. The SMILES string of the molecule is CN=C(NCc1cccc(C(=O)NC)c1)N1CCN(c2cccc(OC)c2)CC1. The van der Waals surface area contributed by atoms with Crippen LogP contribution in [0.4, 0.5) is 5.69 Å². The molecule has 1 aliphatic heterocycles. The first-order chi connectivity index (χ1) is 14.1. The monoisotopic (exact) mass is 395 g/mol. The van der Waals surface area contributed by atoms with E-state index in [2.05, 4.69) is 37.6 Å². The molecule has 1 saturated heterocycles. The summed E-state index contributed by atoms with van der Waals surface area (Å²) >= 11 is 0.